The third-order valence-electron chi connectivity index (χ3n) is 15.6. The summed E-state index contributed by atoms with van der Waals surface area (Å²) >= 11 is 0. The number of carbonyl (C=O) groups is 2. The number of quaternary nitrogens is 1. The van der Waals surface area contributed by atoms with Gasteiger partial charge < -0.3 is 18.9 Å². The van der Waals surface area contributed by atoms with E-state index in [0.717, 1.165) is 89.9 Å². The van der Waals surface area contributed by atoms with E-state index in [2.05, 4.69) is 111 Å². The maximum atomic E-state index is 12.9. The van der Waals surface area contributed by atoms with Crippen LogP contribution in [0.5, 0.6) is 0 Å². The molecule has 0 aliphatic heterocycles. The Kier molecular flexibility index (Phi) is 64.0. The van der Waals surface area contributed by atoms with Gasteiger partial charge in [-0.05, 0) is 96.3 Å². The van der Waals surface area contributed by atoms with Crippen molar-refractivity contribution in [3.8, 4) is 0 Å². The van der Waals surface area contributed by atoms with Crippen molar-refractivity contribution >= 4 is 19.8 Å². The molecule has 0 aromatic carbocycles. The van der Waals surface area contributed by atoms with Gasteiger partial charge in [0, 0.05) is 12.8 Å². The van der Waals surface area contributed by atoms with Gasteiger partial charge in [-0.3, -0.25) is 18.6 Å². The third kappa shape index (κ3) is 70.0. The molecule has 10 heteroatoms. The first-order chi connectivity index (χ1) is 42.0. The van der Waals surface area contributed by atoms with Crippen molar-refractivity contribution in [1.29, 1.82) is 0 Å². The number of nitrogens with zero attached hydrogens (tertiary/aromatic N) is 1. The zero-order valence-electron chi connectivity index (χ0n) is 56.8. The lowest BCUT2D eigenvalue weighted by Gasteiger charge is -2.24. The van der Waals surface area contributed by atoms with Gasteiger partial charge in [0.25, 0.3) is 0 Å². The highest BCUT2D eigenvalue weighted by Crippen LogP contribution is 2.43. The van der Waals surface area contributed by atoms with Gasteiger partial charge in [-0.15, -0.1) is 0 Å². The Morgan fingerprint density at radius 2 is 0.663 bits per heavy atom. The van der Waals surface area contributed by atoms with Crippen LogP contribution in [0.1, 0.15) is 322 Å². The van der Waals surface area contributed by atoms with Crippen LogP contribution in [-0.4, -0.2) is 74.9 Å². The molecule has 0 bridgehead atoms. The van der Waals surface area contributed by atoms with Crippen LogP contribution >= 0.6 is 7.82 Å². The second-order valence-corrected chi connectivity index (χ2v) is 26.7. The number of carbonyl (C=O) groups excluding carboxylic acids is 2. The standard InChI is InChI=1S/C76H136NO8P/c1-6-8-10-12-14-16-18-20-22-24-26-28-30-32-34-36-37-38-39-41-42-44-46-48-50-52-54-56-58-60-62-64-66-68-75(78)82-72-74(73-84-86(80,81)83-71-70-77(3,4)5)85-76(79)69-67-65-63-61-59-57-55-53-51-49-47-45-43-40-35-33-31-29-27-25-23-21-19-17-15-13-11-9-7-2/h9,11,15,17,21,23-24,26-27,29,33,35,43,45,49,51,74H,6-8,10,12-14,16,18-20,22,25,28,30-32,34,36-42,44,46-48,50,52-73H2,1-5H3/p+1/b11-9-,17-15-,23-21-,26-24-,29-27-,35-33-,45-43-,51-49-. The molecule has 0 radical (unpaired) electrons. The van der Waals surface area contributed by atoms with Crippen molar-refractivity contribution in [2.24, 2.45) is 0 Å². The van der Waals surface area contributed by atoms with Crippen LogP contribution in [0.15, 0.2) is 97.2 Å². The second kappa shape index (κ2) is 66.4. The van der Waals surface area contributed by atoms with Crippen molar-refractivity contribution in [3.05, 3.63) is 97.2 Å². The highest BCUT2D eigenvalue weighted by molar-refractivity contribution is 7.47. The van der Waals surface area contributed by atoms with E-state index in [0.29, 0.717) is 17.4 Å². The molecule has 0 aliphatic carbocycles. The Morgan fingerprint density at radius 1 is 0.372 bits per heavy atom. The van der Waals surface area contributed by atoms with Crippen LogP contribution < -0.4 is 0 Å². The van der Waals surface area contributed by atoms with E-state index in [4.69, 9.17) is 18.5 Å². The van der Waals surface area contributed by atoms with Gasteiger partial charge in [-0.1, -0.05) is 310 Å². The highest BCUT2D eigenvalue weighted by atomic mass is 31.2. The fourth-order valence-electron chi connectivity index (χ4n) is 10.1. The quantitative estimate of drug-likeness (QED) is 0.0211. The number of phosphoric ester groups is 1. The Labute approximate surface area is 532 Å². The fraction of sp³-hybridized carbons (Fsp3) is 0.763. The van der Waals surface area contributed by atoms with E-state index in [1.165, 1.54) is 199 Å². The number of ether oxygens (including phenoxy) is 2. The molecule has 498 valence electrons. The summed E-state index contributed by atoms with van der Waals surface area (Å²) in [6.07, 6.45) is 92.3. The summed E-state index contributed by atoms with van der Waals surface area (Å²) in [4.78, 5) is 35.9. The monoisotopic (exact) mass is 1220 g/mol. The van der Waals surface area contributed by atoms with Crippen molar-refractivity contribution in [2.75, 3.05) is 47.5 Å². The Hall–Kier alpha value is -3.07. The summed E-state index contributed by atoms with van der Waals surface area (Å²) in [6.45, 7) is 4.34. The molecule has 0 saturated heterocycles. The summed E-state index contributed by atoms with van der Waals surface area (Å²) in [5.74, 6) is -0.803. The number of rotatable bonds is 66. The molecule has 0 aliphatic rings. The van der Waals surface area contributed by atoms with Crippen LogP contribution in [-0.2, 0) is 32.7 Å². The summed E-state index contributed by atoms with van der Waals surface area (Å²) in [7, 11) is 1.47. The van der Waals surface area contributed by atoms with E-state index in [-0.39, 0.29) is 32.0 Å². The zero-order chi connectivity index (χ0) is 62.6. The number of unbranched alkanes of at least 4 members (excludes halogenated alkanes) is 36. The minimum atomic E-state index is -4.40. The van der Waals surface area contributed by atoms with Crippen LogP contribution in [0, 0.1) is 0 Å². The van der Waals surface area contributed by atoms with E-state index in [1.807, 2.05) is 21.1 Å². The molecule has 1 N–H and O–H groups in total. The first-order valence-corrected chi connectivity index (χ1v) is 37.5. The average molecular weight is 1220 g/mol. The molecule has 0 aromatic rings. The van der Waals surface area contributed by atoms with Crippen LogP contribution in [0.2, 0.25) is 0 Å². The summed E-state index contributed by atoms with van der Waals surface area (Å²) in [6, 6.07) is 0. The predicted molar refractivity (Wildman–Crippen MR) is 372 cm³/mol. The summed E-state index contributed by atoms with van der Waals surface area (Å²) in [5, 5.41) is 0. The second-order valence-electron chi connectivity index (χ2n) is 25.2. The number of phosphoric acid groups is 1. The molecule has 0 aromatic heterocycles. The average Bonchev–Trinajstić information content (AvgIpc) is 3.67. The van der Waals surface area contributed by atoms with Crippen molar-refractivity contribution in [2.45, 2.75) is 328 Å². The van der Waals surface area contributed by atoms with Gasteiger partial charge in [0.05, 0.1) is 27.7 Å². The molecule has 0 amide bonds. The molecule has 2 atom stereocenters. The van der Waals surface area contributed by atoms with Gasteiger partial charge >= 0.3 is 19.8 Å². The van der Waals surface area contributed by atoms with Gasteiger partial charge in [-0.2, -0.15) is 0 Å². The predicted octanol–water partition coefficient (Wildman–Crippen LogP) is 23.5. The fourth-order valence-corrected chi connectivity index (χ4v) is 10.9. The molecule has 0 saturated carbocycles. The van der Waals surface area contributed by atoms with E-state index >= 15 is 0 Å². The lowest BCUT2D eigenvalue weighted by Crippen LogP contribution is -2.37. The topological polar surface area (TPSA) is 108 Å². The SMILES string of the molecule is CC/C=C\C/C=C\C/C=C\C/C=C\C/C=C\C/C=C\C/C=C\CCCCCCCCCC(=O)OC(COC(=O)CCCCCCCCCCCCCCCCCCCCCCC/C=C\CCCCCCCCCC)COP(=O)(O)OCC[N+](C)(C)C. The molecule has 0 rings (SSSR count). The van der Waals surface area contributed by atoms with Gasteiger partial charge in [-0.25, -0.2) is 4.57 Å². The first-order valence-electron chi connectivity index (χ1n) is 36.0. The molecule has 0 heterocycles. The summed E-state index contributed by atoms with van der Waals surface area (Å²) in [5.41, 5.74) is 0. The molecule has 86 heavy (non-hydrogen) atoms. The number of esters is 2. The van der Waals surface area contributed by atoms with Crippen molar-refractivity contribution in [1.82, 2.24) is 0 Å². The first kappa shape index (κ1) is 82.9. The number of allylic oxidation sites excluding steroid dienone is 16. The Bertz CT molecular complexity index is 1770. The molecular weight excluding hydrogens is 1090 g/mol. The third-order valence-corrected chi connectivity index (χ3v) is 16.6. The minimum absolute atomic E-state index is 0.0261. The smallest absolute Gasteiger partial charge is 0.462 e. The van der Waals surface area contributed by atoms with Gasteiger partial charge in [0.15, 0.2) is 6.10 Å². The number of likely N-dealkylation sites (N-methyl/N-ethyl adjacent to an activating group) is 1. The Balaban J connectivity index is 4.05. The van der Waals surface area contributed by atoms with Crippen LogP contribution in [0.4, 0.5) is 0 Å². The van der Waals surface area contributed by atoms with Gasteiger partial charge in [0.1, 0.15) is 19.8 Å². The normalized spacial score (nSPS) is 13.7. The largest absolute Gasteiger partial charge is 0.472 e. The number of hydrogen-bond acceptors (Lipinski definition) is 7. The lowest BCUT2D eigenvalue weighted by atomic mass is 10.0. The Morgan fingerprint density at radius 3 is 1.00 bits per heavy atom. The molecule has 0 fully saturated rings. The minimum Gasteiger partial charge on any atom is -0.462 e. The van der Waals surface area contributed by atoms with Crippen LogP contribution in [0.25, 0.3) is 0 Å². The molecule has 0 spiro atoms. The van der Waals surface area contributed by atoms with Crippen molar-refractivity contribution < 1.29 is 42.1 Å². The van der Waals surface area contributed by atoms with E-state index in [9.17, 15) is 19.0 Å². The zero-order valence-corrected chi connectivity index (χ0v) is 57.7. The molecule has 9 nitrogen and oxygen atoms in total. The van der Waals surface area contributed by atoms with Crippen LogP contribution in [0.3, 0.4) is 0 Å². The van der Waals surface area contributed by atoms with Crippen molar-refractivity contribution in [3.63, 3.8) is 0 Å². The number of hydrogen-bond donors (Lipinski definition) is 1. The summed E-state index contributed by atoms with van der Waals surface area (Å²) < 4.78 is 34.7. The molecule has 2 unspecified atom stereocenters. The highest BCUT2D eigenvalue weighted by Gasteiger charge is 2.27. The van der Waals surface area contributed by atoms with Gasteiger partial charge in [0.2, 0.25) is 0 Å². The van der Waals surface area contributed by atoms with E-state index < -0.39 is 26.5 Å². The lowest BCUT2D eigenvalue weighted by molar-refractivity contribution is -0.870. The molecular formula is C76H137NO8P+. The van der Waals surface area contributed by atoms with E-state index in [1.54, 1.807) is 0 Å². The maximum Gasteiger partial charge on any atom is 0.472 e. The maximum absolute atomic E-state index is 12.9.